The molecule has 1 aromatic rings. The Morgan fingerprint density at radius 3 is 2.17 bits per heavy atom. The number of rotatable bonds is 8. The summed E-state index contributed by atoms with van der Waals surface area (Å²) in [4.78, 5) is 0. The van der Waals surface area contributed by atoms with Gasteiger partial charge in [0.25, 0.3) is 0 Å². The lowest BCUT2D eigenvalue weighted by Crippen LogP contribution is -2.14. The van der Waals surface area contributed by atoms with Gasteiger partial charge in [0, 0.05) is 0 Å². The summed E-state index contributed by atoms with van der Waals surface area (Å²) in [6.45, 7) is 6.95. The third-order valence-corrected chi connectivity index (χ3v) is 3.58. The third kappa shape index (κ3) is 6.09. The average Bonchev–Trinajstić information content (AvgIpc) is 2.31. The van der Waals surface area contributed by atoms with Gasteiger partial charge in [-0.25, -0.2) is 0 Å². The molecule has 0 aliphatic rings. The van der Waals surface area contributed by atoms with Crippen LogP contribution in [0.2, 0.25) is 0 Å². The maximum Gasteiger partial charge on any atom is 0.115 e. The lowest BCUT2D eigenvalue weighted by atomic mass is 9.81. The van der Waals surface area contributed by atoms with Crippen LogP contribution in [0.1, 0.15) is 64.9 Å². The van der Waals surface area contributed by atoms with E-state index in [4.69, 9.17) is 0 Å². The van der Waals surface area contributed by atoms with Crippen molar-refractivity contribution in [1.29, 1.82) is 0 Å². The van der Waals surface area contributed by atoms with Gasteiger partial charge in [-0.05, 0) is 36.0 Å². The van der Waals surface area contributed by atoms with Gasteiger partial charge in [-0.3, -0.25) is 0 Å². The van der Waals surface area contributed by atoms with Gasteiger partial charge in [0.2, 0.25) is 0 Å². The molecule has 1 heteroatoms. The van der Waals surface area contributed by atoms with Crippen LogP contribution in [0.4, 0.5) is 0 Å². The average molecular weight is 248 g/mol. The highest BCUT2D eigenvalue weighted by atomic mass is 16.3. The monoisotopic (exact) mass is 248 g/mol. The van der Waals surface area contributed by atoms with Crippen LogP contribution in [0.3, 0.4) is 0 Å². The predicted molar refractivity (Wildman–Crippen MR) is 79.0 cm³/mol. The van der Waals surface area contributed by atoms with Crippen molar-refractivity contribution in [2.24, 2.45) is 5.41 Å². The first-order valence-corrected chi connectivity index (χ1v) is 7.31. The molecule has 102 valence electrons. The van der Waals surface area contributed by atoms with Gasteiger partial charge < -0.3 is 5.11 Å². The van der Waals surface area contributed by atoms with Crippen molar-refractivity contribution in [2.45, 2.75) is 65.7 Å². The summed E-state index contributed by atoms with van der Waals surface area (Å²) in [7, 11) is 0. The highest BCUT2D eigenvalue weighted by Gasteiger charge is 2.17. The molecule has 1 nitrogen and oxygen atoms in total. The summed E-state index contributed by atoms with van der Waals surface area (Å²) in [5.41, 5.74) is 1.69. The summed E-state index contributed by atoms with van der Waals surface area (Å²) in [5, 5.41) is 9.28. The van der Waals surface area contributed by atoms with Crippen molar-refractivity contribution in [1.82, 2.24) is 0 Å². The maximum absolute atomic E-state index is 9.28. The molecule has 0 amide bonds. The second-order valence-corrected chi connectivity index (χ2v) is 6.17. The van der Waals surface area contributed by atoms with E-state index < -0.39 is 0 Å². The first kappa shape index (κ1) is 15.1. The van der Waals surface area contributed by atoms with Crippen LogP contribution in [-0.4, -0.2) is 5.11 Å². The van der Waals surface area contributed by atoms with Gasteiger partial charge in [0.1, 0.15) is 5.75 Å². The van der Waals surface area contributed by atoms with Crippen LogP contribution in [0, 0.1) is 5.41 Å². The van der Waals surface area contributed by atoms with Crippen molar-refractivity contribution in [3.8, 4) is 5.75 Å². The number of hydrogen-bond acceptors (Lipinski definition) is 1. The fraction of sp³-hybridized carbons (Fsp3) is 0.647. The zero-order valence-electron chi connectivity index (χ0n) is 12.2. The second-order valence-electron chi connectivity index (χ2n) is 6.17. The molecule has 0 saturated heterocycles. The number of phenols is 1. The molecule has 0 radical (unpaired) electrons. The highest BCUT2D eigenvalue weighted by molar-refractivity contribution is 5.26. The third-order valence-electron chi connectivity index (χ3n) is 3.58. The molecule has 0 aliphatic carbocycles. The molecular weight excluding hydrogens is 220 g/mol. The standard InChI is InChI=1S/C17H28O/c1-4-5-6-7-8-13-17(2,3)14-15-9-11-16(18)12-10-15/h9-12,18H,4-8,13-14H2,1-3H3. The molecule has 1 N–H and O–H groups in total. The van der Waals surface area contributed by atoms with Crippen LogP contribution in [-0.2, 0) is 6.42 Å². The van der Waals surface area contributed by atoms with Gasteiger partial charge in [0.05, 0.1) is 0 Å². The second kappa shape index (κ2) is 7.45. The molecule has 0 spiro atoms. The molecule has 0 heterocycles. The molecule has 0 atom stereocenters. The lowest BCUT2D eigenvalue weighted by molar-refractivity contribution is 0.316. The van der Waals surface area contributed by atoms with Crippen molar-refractivity contribution in [2.75, 3.05) is 0 Å². The van der Waals surface area contributed by atoms with E-state index in [2.05, 4.69) is 20.8 Å². The number of hydrogen-bond donors (Lipinski definition) is 1. The zero-order valence-corrected chi connectivity index (χ0v) is 12.2. The van der Waals surface area contributed by atoms with Gasteiger partial charge in [-0.15, -0.1) is 0 Å². The smallest absolute Gasteiger partial charge is 0.115 e. The van der Waals surface area contributed by atoms with E-state index in [1.807, 2.05) is 12.1 Å². The molecule has 0 fully saturated rings. The Labute approximate surface area is 112 Å². The minimum absolute atomic E-state index is 0.358. The highest BCUT2D eigenvalue weighted by Crippen LogP contribution is 2.29. The summed E-state index contributed by atoms with van der Waals surface area (Å²) in [5.74, 6) is 0.358. The molecule has 0 bridgehead atoms. The Kier molecular flexibility index (Phi) is 6.24. The normalized spacial score (nSPS) is 11.7. The maximum atomic E-state index is 9.28. The molecule has 0 aliphatic heterocycles. The van der Waals surface area contributed by atoms with Gasteiger partial charge in [-0.1, -0.05) is 65.0 Å². The predicted octanol–water partition coefficient (Wildman–Crippen LogP) is 5.32. The van der Waals surface area contributed by atoms with E-state index in [9.17, 15) is 5.11 Å². The Hall–Kier alpha value is -0.980. The van der Waals surface area contributed by atoms with Crippen LogP contribution in [0.15, 0.2) is 24.3 Å². The SMILES string of the molecule is CCCCCCCC(C)(C)Cc1ccc(O)cc1. The van der Waals surface area contributed by atoms with Crippen molar-refractivity contribution >= 4 is 0 Å². The zero-order chi connectivity index (χ0) is 13.4. The Morgan fingerprint density at radius 2 is 1.56 bits per heavy atom. The van der Waals surface area contributed by atoms with Crippen LogP contribution in [0.5, 0.6) is 5.75 Å². The quantitative estimate of drug-likeness (QED) is 0.617. The van der Waals surface area contributed by atoms with Crippen LogP contribution < -0.4 is 0 Å². The van der Waals surface area contributed by atoms with Crippen molar-refractivity contribution < 1.29 is 5.11 Å². The summed E-state index contributed by atoms with van der Waals surface area (Å²) in [6.07, 6.45) is 9.16. The Balaban J connectivity index is 2.32. The molecule has 18 heavy (non-hydrogen) atoms. The number of phenolic OH excluding ortho intramolecular Hbond substituents is 1. The fourth-order valence-corrected chi connectivity index (χ4v) is 2.46. The van der Waals surface area contributed by atoms with Gasteiger partial charge in [0.15, 0.2) is 0 Å². The largest absolute Gasteiger partial charge is 0.508 e. The van der Waals surface area contributed by atoms with Gasteiger partial charge >= 0.3 is 0 Å². The molecule has 0 saturated carbocycles. The summed E-state index contributed by atoms with van der Waals surface area (Å²) < 4.78 is 0. The Bertz CT molecular complexity index is 324. The van der Waals surface area contributed by atoms with Gasteiger partial charge in [-0.2, -0.15) is 0 Å². The molecule has 0 unspecified atom stereocenters. The Morgan fingerprint density at radius 1 is 0.944 bits per heavy atom. The number of unbranched alkanes of at least 4 members (excludes halogenated alkanes) is 4. The number of aromatic hydroxyl groups is 1. The summed E-state index contributed by atoms with van der Waals surface area (Å²) in [6, 6.07) is 7.64. The minimum Gasteiger partial charge on any atom is -0.508 e. The molecular formula is C17H28O. The van der Waals surface area contributed by atoms with E-state index in [-0.39, 0.29) is 0 Å². The topological polar surface area (TPSA) is 20.2 Å². The van der Waals surface area contributed by atoms with E-state index in [0.717, 1.165) is 6.42 Å². The van der Waals surface area contributed by atoms with Crippen molar-refractivity contribution in [3.05, 3.63) is 29.8 Å². The van der Waals surface area contributed by atoms with E-state index in [0.29, 0.717) is 11.2 Å². The molecule has 0 aromatic heterocycles. The lowest BCUT2D eigenvalue weighted by Gasteiger charge is -2.24. The number of benzene rings is 1. The molecule has 1 rings (SSSR count). The van der Waals surface area contributed by atoms with Crippen molar-refractivity contribution in [3.63, 3.8) is 0 Å². The van der Waals surface area contributed by atoms with Crippen LogP contribution >= 0.6 is 0 Å². The minimum atomic E-state index is 0.358. The first-order chi connectivity index (χ1) is 8.53. The fourth-order valence-electron chi connectivity index (χ4n) is 2.46. The van der Waals surface area contributed by atoms with E-state index in [1.165, 1.54) is 44.1 Å². The molecule has 1 aromatic carbocycles. The van der Waals surface area contributed by atoms with Crippen LogP contribution in [0.25, 0.3) is 0 Å². The summed E-state index contributed by atoms with van der Waals surface area (Å²) >= 11 is 0. The van der Waals surface area contributed by atoms with E-state index in [1.54, 1.807) is 12.1 Å². The van der Waals surface area contributed by atoms with E-state index >= 15 is 0 Å². The first-order valence-electron chi connectivity index (χ1n) is 7.31.